The highest BCUT2D eigenvalue weighted by molar-refractivity contribution is 5.84. The summed E-state index contributed by atoms with van der Waals surface area (Å²) < 4.78 is 0. The van der Waals surface area contributed by atoms with Crippen LogP contribution >= 0.6 is 0 Å². The second kappa shape index (κ2) is 18.1. The van der Waals surface area contributed by atoms with E-state index in [1.54, 1.807) is 12.2 Å². The van der Waals surface area contributed by atoms with E-state index in [0.717, 1.165) is 12.5 Å². The molecular formula is C22H31NO4. The molecule has 0 bridgehead atoms. The van der Waals surface area contributed by atoms with Gasteiger partial charge in [-0.25, -0.2) is 4.79 Å². The van der Waals surface area contributed by atoms with Gasteiger partial charge in [0, 0.05) is 6.08 Å². The number of hydrogen-bond donors (Lipinski definition) is 1. The van der Waals surface area contributed by atoms with Crippen LogP contribution in [-0.2, 0) is 4.79 Å². The fraction of sp³-hybridized carbons (Fsp3) is 0.409. The number of rotatable bonds is 15. The Bertz CT molecular complexity index is 579. The predicted octanol–water partition coefficient (Wildman–Crippen LogP) is 6.15. The van der Waals surface area contributed by atoms with Gasteiger partial charge in [-0.15, -0.1) is 0 Å². The van der Waals surface area contributed by atoms with Gasteiger partial charge in [-0.1, -0.05) is 106 Å². The van der Waals surface area contributed by atoms with Crippen LogP contribution in [0.4, 0.5) is 0 Å². The Morgan fingerprint density at radius 2 is 1.30 bits per heavy atom. The summed E-state index contributed by atoms with van der Waals surface area (Å²) in [5.74, 6) is -1.56. The van der Waals surface area contributed by atoms with E-state index < -0.39 is 16.6 Å². The van der Waals surface area contributed by atoms with E-state index in [0.29, 0.717) is 0 Å². The lowest BCUT2D eigenvalue weighted by molar-refractivity contribution is -0.420. The molecule has 0 saturated carbocycles. The lowest BCUT2D eigenvalue weighted by atomic mass is 10.1. The molecule has 0 unspecified atom stereocenters. The van der Waals surface area contributed by atoms with Crippen LogP contribution in [0, 0.1) is 10.1 Å². The Morgan fingerprint density at radius 3 is 1.81 bits per heavy atom. The first-order valence-corrected chi connectivity index (χ1v) is 9.50. The van der Waals surface area contributed by atoms with Crippen molar-refractivity contribution in [3.63, 3.8) is 0 Å². The minimum absolute atomic E-state index is 0.860. The van der Waals surface area contributed by atoms with Crippen molar-refractivity contribution in [2.75, 3.05) is 0 Å². The van der Waals surface area contributed by atoms with Crippen molar-refractivity contribution in [2.45, 2.75) is 58.3 Å². The van der Waals surface area contributed by atoms with Crippen LogP contribution in [0.1, 0.15) is 58.3 Å². The molecule has 0 atom stereocenters. The molecule has 5 nitrogen and oxygen atoms in total. The summed E-state index contributed by atoms with van der Waals surface area (Å²) >= 11 is 0. The van der Waals surface area contributed by atoms with Crippen molar-refractivity contribution in [3.8, 4) is 0 Å². The third-order valence-electron chi connectivity index (χ3n) is 3.67. The van der Waals surface area contributed by atoms with Gasteiger partial charge in [0.15, 0.2) is 0 Å². The van der Waals surface area contributed by atoms with Gasteiger partial charge in [-0.3, -0.25) is 10.1 Å². The van der Waals surface area contributed by atoms with Gasteiger partial charge in [0.1, 0.15) is 0 Å². The van der Waals surface area contributed by atoms with Crippen LogP contribution in [0.3, 0.4) is 0 Å². The highest BCUT2D eigenvalue weighted by Gasteiger charge is 2.18. The summed E-state index contributed by atoms with van der Waals surface area (Å²) in [7, 11) is 0. The maximum atomic E-state index is 10.6. The van der Waals surface area contributed by atoms with Gasteiger partial charge >= 0.3 is 11.7 Å². The van der Waals surface area contributed by atoms with Gasteiger partial charge in [0.2, 0.25) is 0 Å². The summed E-state index contributed by atoms with van der Waals surface area (Å²) in [6.45, 7) is 2.24. The lowest BCUT2D eigenvalue weighted by Crippen LogP contribution is -2.09. The molecule has 148 valence electrons. The number of nitro groups is 1. The zero-order chi connectivity index (χ0) is 20.2. The van der Waals surface area contributed by atoms with Crippen LogP contribution in [0.2, 0.25) is 0 Å². The molecule has 0 aromatic heterocycles. The molecule has 1 N–H and O–H groups in total. The van der Waals surface area contributed by atoms with Crippen LogP contribution < -0.4 is 0 Å². The lowest BCUT2D eigenvalue weighted by Gasteiger charge is -1.98. The smallest absolute Gasteiger partial charge is 0.407 e. The third-order valence-corrected chi connectivity index (χ3v) is 3.67. The average Bonchev–Trinajstić information content (AvgIpc) is 2.63. The number of aliphatic carboxylic acids is 1. The van der Waals surface area contributed by atoms with Crippen molar-refractivity contribution in [1.82, 2.24) is 0 Å². The number of hydrogen-bond acceptors (Lipinski definition) is 3. The van der Waals surface area contributed by atoms with Crippen molar-refractivity contribution >= 4 is 5.97 Å². The van der Waals surface area contributed by atoms with Crippen molar-refractivity contribution in [3.05, 3.63) is 82.6 Å². The van der Waals surface area contributed by atoms with Gasteiger partial charge in [-0.05, 0) is 12.8 Å². The first-order chi connectivity index (χ1) is 13.1. The molecule has 0 aromatic carbocycles. The maximum Gasteiger partial charge on any atom is 0.407 e. The maximum absolute atomic E-state index is 10.6. The van der Waals surface area contributed by atoms with Crippen LogP contribution in [0.5, 0.6) is 0 Å². The molecule has 0 amide bonds. The fourth-order valence-electron chi connectivity index (χ4n) is 2.20. The van der Waals surface area contributed by atoms with E-state index >= 15 is 0 Å². The average molecular weight is 373 g/mol. The molecule has 0 rings (SSSR count). The summed E-state index contributed by atoms with van der Waals surface area (Å²) in [6, 6.07) is 0. The van der Waals surface area contributed by atoms with E-state index in [1.807, 2.05) is 30.4 Å². The van der Waals surface area contributed by atoms with Crippen molar-refractivity contribution < 1.29 is 14.8 Å². The Kier molecular flexibility index (Phi) is 16.3. The monoisotopic (exact) mass is 373 g/mol. The van der Waals surface area contributed by atoms with Crippen LogP contribution in [0.15, 0.2) is 72.5 Å². The number of nitrogens with zero attached hydrogens (tertiary/aromatic N) is 1. The molecule has 0 aromatic rings. The van der Waals surface area contributed by atoms with E-state index in [4.69, 9.17) is 5.11 Å². The van der Waals surface area contributed by atoms with E-state index in [-0.39, 0.29) is 0 Å². The number of carboxylic acid groups (broad SMARTS) is 1. The SMILES string of the molecule is CCCCCCCCC/C=C/C=C/C=C/C=C/C=C/C=C(/C(=O)O)[N+](=O)[O-]. The first-order valence-electron chi connectivity index (χ1n) is 9.50. The van der Waals surface area contributed by atoms with Gasteiger partial charge in [-0.2, -0.15) is 0 Å². The van der Waals surface area contributed by atoms with Crippen molar-refractivity contribution in [2.24, 2.45) is 0 Å². The highest BCUT2D eigenvalue weighted by atomic mass is 16.6. The van der Waals surface area contributed by atoms with Crippen molar-refractivity contribution in [1.29, 1.82) is 0 Å². The second-order valence-electron chi connectivity index (χ2n) is 5.99. The molecule has 27 heavy (non-hydrogen) atoms. The third kappa shape index (κ3) is 16.5. The summed E-state index contributed by atoms with van der Waals surface area (Å²) in [5, 5.41) is 19.0. The summed E-state index contributed by atoms with van der Waals surface area (Å²) in [6.07, 6.45) is 29.4. The minimum atomic E-state index is -1.56. The molecule has 0 aliphatic heterocycles. The predicted molar refractivity (Wildman–Crippen MR) is 111 cm³/mol. The highest BCUT2D eigenvalue weighted by Crippen LogP contribution is 2.08. The molecule has 0 fully saturated rings. The number of allylic oxidation sites excluding steroid dienone is 11. The van der Waals surface area contributed by atoms with Gasteiger partial charge in [0.05, 0.1) is 4.92 Å². The molecule has 0 aliphatic rings. The van der Waals surface area contributed by atoms with E-state index in [1.165, 1.54) is 57.1 Å². The summed E-state index contributed by atoms with van der Waals surface area (Å²) in [5.41, 5.74) is -0.860. The zero-order valence-electron chi connectivity index (χ0n) is 16.1. The van der Waals surface area contributed by atoms with E-state index in [2.05, 4.69) is 13.0 Å². The number of carboxylic acids is 1. The van der Waals surface area contributed by atoms with Gasteiger partial charge < -0.3 is 5.11 Å². The van der Waals surface area contributed by atoms with Crippen LogP contribution in [0.25, 0.3) is 0 Å². The molecule has 5 heteroatoms. The Balaban J connectivity index is 3.87. The van der Waals surface area contributed by atoms with Crippen LogP contribution in [-0.4, -0.2) is 16.0 Å². The zero-order valence-corrected chi connectivity index (χ0v) is 16.1. The Hall–Kier alpha value is -2.69. The molecule has 0 aliphatic carbocycles. The minimum Gasteiger partial charge on any atom is -0.473 e. The molecule has 0 heterocycles. The second-order valence-corrected chi connectivity index (χ2v) is 5.99. The Labute approximate surface area is 162 Å². The Morgan fingerprint density at radius 1 is 0.815 bits per heavy atom. The largest absolute Gasteiger partial charge is 0.473 e. The molecule has 0 radical (unpaired) electrons. The topological polar surface area (TPSA) is 80.4 Å². The molecular weight excluding hydrogens is 342 g/mol. The first kappa shape index (κ1) is 24.3. The number of unbranched alkanes of at least 4 members (excludes halogenated alkanes) is 7. The molecule has 0 saturated heterocycles. The van der Waals surface area contributed by atoms with E-state index in [9.17, 15) is 14.9 Å². The summed E-state index contributed by atoms with van der Waals surface area (Å²) in [4.78, 5) is 20.1. The number of carbonyl (C=O) groups is 1. The van der Waals surface area contributed by atoms with Gasteiger partial charge in [0.25, 0.3) is 0 Å². The normalized spacial score (nSPS) is 13.1. The standard InChI is InChI=1S/C22H31NO4/c1-2-3-4-5-6-7-8-9-10-11-12-13-14-15-16-17-18-19-20-21(22(24)25)23(26)27/h10-20H,2-9H2,1H3,(H,24,25)/b11-10+,13-12+,15-14+,17-16+,19-18+,21-20-. The fourth-order valence-corrected chi connectivity index (χ4v) is 2.20. The molecule has 0 spiro atoms. The quantitative estimate of drug-likeness (QED) is 0.123.